The van der Waals surface area contributed by atoms with Crippen LogP contribution in [0.1, 0.15) is 16.2 Å². The lowest BCUT2D eigenvalue weighted by Gasteiger charge is -2.03. The fraction of sp³-hybridized carbons (Fsp3) is 0.0556. The average Bonchev–Trinajstić information content (AvgIpc) is 3.18. The van der Waals surface area contributed by atoms with E-state index in [1.54, 1.807) is 22.6 Å². The highest BCUT2D eigenvalue weighted by Gasteiger charge is 2.18. The van der Waals surface area contributed by atoms with Gasteiger partial charge in [0.05, 0.1) is 16.4 Å². The van der Waals surface area contributed by atoms with Crippen LogP contribution in [0.3, 0.4) is 0 Å². The number of rotatable bonds is 3. The predicted octanol–water partition coefficient (Wildman–Crippen LogP) is 5.33. The lowest BCUT2D eigenvalue weighted by atomic mass is 10.2. The number of halogens is 2. The standard InChI is InChI=1S/C18H12Cl2N4OS/c1-10-16(24-7-3-2-4-15(24)21-10)17(25)23-18-22-14(9-26-18)12-6-5-11(19)8-13(12)20/h2-9H,1H3,(H,22,23,25). The summed E-state index contributed by atoms with van der Waals surface area (Å²) in [7, 11) is 0. The Labute approximate surface area is 163 Å². The number of pyridine rings is 1. The highest BCUT2D eigenvalue weighted by molar-refractivity contribution is 7.14. The molecule has 3 aromatic heterocycles. The Morgan fingerprint density at radius 2 is 2.04 bits per heavy atom. The van der Waals surface area contributed by atoms with Crippen LogP contribution in [0.2, 0.25) is 10.0 Å². The average molecular weight is 403 g/mol. The number of hydrogen-bond acceptors (Lipinski definition) is 4. The molecule has 1 aromatic carbocycles. The summed E-state index contributed by atoms with van der Waals surface area (Å²) >= 11 is 13.5. The first-order valence-electron chi connectivity index (χ1n) is 7.69. The number of nitrogens with one attached hydrogen (secondary N) is 1. The highest BCUT2D eigenvalue weighted by Crippen LogP contribution is 2.32. The lowest BCUT2D eigenvalue weighted by molar-refractivity contribution is 0.102. The molecule has 4 aromatic rings. The fourth-order valence-electron chi connectivity index (χ4n) is 2.70. The maximum Gasteiger partial charge on any atom is 0.276 e. The van der Waals surface area contributed by atoms with E-state index in [0.29, 0.717) is 32.3 Å². The number of carbonyl (C=O) groups is 1. The zero-order valence-electron chi connectivity index (χ0n) is 13.5. The molecule has 0 aliphatic carbocycles. The maximum atomic E-state index is 12.7. The van der Waals surface area contributed by atoms with Gasteiger partial charge in [-0.25, -0.2) is 9.97 Å². The van der Waals surface area contributed by atoms with Crippen molar-refractivity contribution < 1.29 is 4.79 Å². The van der Waals surface area contributed by atoms with Crippen molar-refractivity contribution in [1.29, 1.82) is 0 Å². The van der Waals surface area contributed by atoms with E-state index in [9.17, 15) is 4.79 Å². The highest BCUT2D eigenvalue weighted by atomic mass is 35.5. The number of fused-ring (bicyclic) bond motifs is 1. The van der Waals surface area contributed by atoms with Crippen LogP contribution in [-0.4, -0.2) is 20.3 Å². The largest absolute Gasteiger partial charge is 0.296 e. The van der Waals surface area contributed by atoms with Crippen LogP contribution in [0.5, 0.6) is 0 Å². The van der Waals surface area contributed by atoms with Crippen molar-refractivity contribution in [1.82, 2.24) is 14.4 Å². The SMILES string of the molecule is Cc1nc2ccccn2c1C(=O)Nc1nc(-c2ccc(Cl)cc2Cl)cs1. The van der Waals surface area contributed by atoms with Gasteiger partial charge in [-0.15, -0.1) is 11.3 Å². The van der Waals surface area contributed by atoms with Crippen LogP contribution < -0.4 is 5.32 Å². The minimum atomic E-state index is -0.260. The van der Waals surface area contributed by atoms with Crippen LogP contribution >= 0.6 is 34.5 Å². The first-order chi connectivity index (χ1) is 12.5. The van der Waals surface area contributed by atoms with Crippen molar-refractivity contribution in [3.63, 3.8) is 0 Å². The lowest BCUT2D eigenvalue weighted by Crippen LogP contribution is -2.15. The van der Waals surface area contributed by atoms with Gasteiger partial charge >= 0.3 is 0 Å². The van der Waals surface area contributed by atoms with Crippen molar-refractivity contribution >= 4 is 51.2 Å². The third kappa shape index (κ3) is 3.07. The van der Waals surface area contributed by atoms with Gasteiger partial charge in [0.2, 0.25) is 0 Å². The molecule has 0 atom stereocenters. The maximum absolute atomic E-state index is 12.7. The quantitative estimate of drug-likeness (QED) is 0.503. The Morgan fingerprint density at radius 3 is 2.85 bits per heavy atom. The minimum Gasteiger partial charge on any atom is -0.296 e. The van der Waals surface area contributed by atoms with Gasteiger partial charge in [0, 0.05) is 22.2 Å². The summed E-state index contributed by atoms with van der Waals surface area (Å²) in [6.07, 6.45) is 1.81. The van der Waals surface area contributed by atoms with Crippen LogP contribution in [0.4, 0.5) is 5.13 Å². The molecular weight excluding hydrogens is 391 g/mol. The van der Waals surface area contributed by atoms with Gasteiger partial charge in [-0.1, -0.05) is 29.3 Å². The Kier molecular flexibility index (Phi) is 4.40. The molecule has 4 rings (SSSR count). The van der Waals surface area contributed by atoms with Gasteiger partial charge in [-0.2, -0.15) is 0 Å². The van der Waals surface area contributed by atoms with Crippen molar-refractivity contribution in [2.24, 2.45) is 0 Å². The summed E-state index contributed by atoms with van der Waals surface area (Å²) in [6.45, 7) is 1.81. The Hall–Kier alpha value is -2.41. The molecule has 0 fully saturated rings. The van der Waals surface area contributed by atoms with E-state index >= 15 is 0 Å². The van der Waals surface area contributed by atoms with Gasteiger partial charge in [-0.3, -0.25) is 14.5 Å². The van der Waals surface area contributed by atoms with Gasteiger partial charge < -0.3 is 0 Å². The number of imidazole rings is 1. The molecule has 3 heterocycles. The smallest absolute Gasteiger partial charge is 0.276 e. The topological polar surface area (TPSA) is 59.3 Å². The van der Waals surface area contributed by atoms with Crippen molar-refractivity contribution in [2.45, 2.75) is 6.92 Å². The number of carbonyl (C=O) groups excluding carboxylic acids is 1. The van der Waals surface area contributed by atoms with Crippen molar-refractivity contribution in [3.8, 4) is 11.3 Å². The second-order valence-electron chi connectivity index (χ2n) is 5.59. The predicted molar refractivity (Wildman–Crippen MR) is 105 cm³/mol. The van der Waals surface area contributed by atoms with Gasteiger partial charge in [-0.05, 0) is 37.3 Å². The second kappa shape index (κ2) is 6.72. The first kappa shape index (κ1) is 17.0. The number of nitrogens with zero attached hydrogens (tertiary/aromatic N) is 3. The molecule has 0 aliphatic rings. The number of thiazole rings is 1. The number of amides is 1. The molecule has 0 radical (unpaired) electrons. The van der Waals surface area contributed by atoms with Crippen molar-refractivity contribution in [2.75, 3.05) is 5.32 Å². The van der Waals surface area contributed by atoms with E-state index in [1.807, 2.05) is 36.7 Å². The summed E-state index contributed by atoms with van der Waals surface area (Å²) in [5.74, 6) is -0.260. The zero-order valence-corrected chi connectivity index (χ0v) is 15.9. The summed E-state index contributed by atoms with van der Waals surface area (Å²) < 4.78 is 1.76. The van der Waals surface area contributed by atoms with E-state index in [1.165, 1.54) is 11.3 Å². The number of aryl methyl sites for hydroxylation is 1. The van der Waals surface area contributed by atoms with Crippen LogP contribution in [-0.2, 0) is 0 Å². The molecule has 0 saturated carbocycles. The van der Waals surface area contributed by atoms with E-state index in [4.69, 9.17) is 23.2 Å². The molecule has 0 unspecified atom stereocenters. The van der Waals surface area contributed by atoms with E-state index in [0.717, 1.165) is 11.2 Å². The molecule has 1 N–H and O–H groups in total. The Morgan fingerprint density at radius 1 is 1.19 bits per heavy atom. The molecule has 8 heteroatoms. The molecule has 0 saturated heterocycles. The first-order valence-corrected chi connectivity index (χ1v) is 9.32. The molecule has 26 heavy (non-hydrogen) atoms. The second-order valence-corrected chi connectivity index (χ2v) is 7.29. The number of hydrogen-bond donors (Lipinski definition) is 1. The molecular formula is C18H12Cl2N4OS. The third-order valence-electron chi connectivity index (χ3n) is 3.85. The molecule has 0 bridgehead atoms. The van der Waals surface area contributed by atoms with Crippen molar-refractivity contribution in [3.05, 3.63) is 69.4 Å². The molecule has 130 valence electrons. The van der Waals surface area contributed by atoms with Crippen LogP contribution in [0.25, 0.3) is 16.9 Å². The Bertz CT molecular complexity index is 1140. The molecule has 0 aliphatic heterocycles. The monoisotopic (exact) mass is 402 g/mol. The van der Waals surface area contributed by atoms with Crippen LogP contribution in [0, 0.1) is 6.92 Å². The summed E-state index contributed by atoms with van der Waals surface area (Å²) in [5.41, 5.74) is 3.32. The van der Waals surface area contributed by atoms with Crippen LogP contribution in [0.15, 0.2) is 48.0 Å². The van der Waals surface area contributed by atoms with Gasteiger partial charge in [0.25, 0.3) is 5.91 Å². The number of anilines is 1. The van der Waals surface area contributed by atoms with E-state index in [2.05, 4.69) is 15.3 Å². The van der Waals surface area contributed by atoms with E-state index in [-0.39, 0.29) is 5.91 Å². The fourth-order valence-corrected chi connectivity index (χ4v) is 3.91. The normalized spacial score (nSPS) is 11.0. The molecule has 0 spiro atoms. The van der Waals surface area contributed by atoms with E-state index < -0.39 is 0 Å². The summed E-state index contributed by atoms with van der Waals surface area (Å²) in [6, 6.07) is 10.8. The van der Waals surface area contributed by atoms with Gasteiger partial charge in [0.1, 0.15) is 11.3 Å². The molecule has 1 amide bonds. The third-order valence-corrected chi connectivity index (χ3v) is 5.16. The number of aromatic nitrogens is 3. The number of benzene rings is 1. The minimum absolute atomic E-state index is 0.260. The summed E-state index contributed by atoms with van der Waals surface area (Å²) in [5, 5.41) is 6.24. The summed E-state index contributed by atoms with van der Waals surface area (Å²) in [4.78, 5) is 21.6. The Balaban J connectivity index is 1.63. The molecule has 5 nitrogen and oxygen atoms in total. The zero-order chi connectivity index (χ0) is 18.3. The van der Waals surface area contributed by atoms with Gasteiger partial charge in [0.15, 0.2) is 5.13 Å².